The zero-order valence-electron chi connectivity index (χ0n) is 15.5. The van der Waals surface area contributed by atoms with Crippen LogP contribution >= 0.6 is 0 Å². The minimum absolute atomic E-state index is 0.191. The number of nitrogens with zero attached hydrogens (tertiary/aromatic N) is 6. The maximum absolute atomic E-state index is 12.8. The predicted octanol–water partition coefficient (Wildman–Crippen LogP) is 1.18. The SMILES string of the molecule is Cc1c(C(=O)N(C)CCc2ccccn2)oc2nc(N3CCOCC3)nn12. The average Bonchev–Trinajstić information content (AvgIpc) is 3.26. The molecule has 9 nitrogen and oxygen atoms in total. The van der Waals surface area contributed by atoms with Crippen molar-refractivity contribution in [1.82, 2.24) is 24.5 Å². The summed E-state index contributed by atoms with van der Waals surface area (Å²) in [5.74, 6) is 1.00. The van der Waals surface area contributed by atoms with E-state index in [1.54, 1.807) is 22.7 Å². The Morgan fingerprint density at radius 1 is 1.30 bits per heavy atom. The van der Waals surface area contributed by atoms with E-state index in [1.807, 2.05) is 30.0 Å². The van der Waals surface area contributed by atoms with E-state index in [4.69, 9.17) is 9.15 Å². The van der Waals surface area contributed by atoms with Crippen molar-refractivity contribution in [3.05, 3.63) is 41.5 Å². The molecule has 1 fully saturated rings. The summed E-state index contributed by atoms with van der Waals surface area (Å²) in [7, 11) is 1.75. The molecule has 27 heavy (non-hydrogen) atoms. The number of anilines is 1. The second-order valence-corrected chi connectivity index (χ2v) is 6.52. The molecule has 0 aromatic carbocycles. The number of amides is 1. The molecule has 3 aromatic rings. The number of likely N-dealkylation sites (N-methyl/N-ethyl adjacent to an activating group) is 1. The third-order valence-corrected chi connectivity index (χ3v) is 4.67. The number of oxazole rings is 1. The van der Waals surface area contributed by atoms with E-state index in [0.29, 0.717) is 43.7 Å². The van der Waals surface area contributed by atoms with Crippen LogP contribution in [0.3, 0.4) is 0 Å². The van der Waals surface area contributed by atoms with Gasteiger partial charge in [-0.1, -0.05) is 6.07 Å². The molecule has 0 atom stereocenters. The second kappa shape index (κ2) is 7.36. The first-order chi connectivity index (χ1) is 13.1. The number of aromatic nitrogens is 4. The summed E-state index contributed by atoms with van der Waals surface area (Å²) < 4.78 is 12.7. The van der Waals surface area contributed by atoms with Crippen LogP contribution < -0.4 is 4.90 Å². The van der Waals surface area contributed by atoms with Crippen LogP contribution in [0.4, 0.5) is 5.95 Å². The summed E-state index contributed by atoms with van der Waals surface area (Å²) in [5, 5.41) is 4.49. The summed E-state index contributed by atoms with van der Waals surface area (Å²) in [4.78, 5) is 25.1. The Bertz CT molecular complexity index is 929. The van der Waals surface area contributed by atoms with Gasteiger partial charge < -0.3 is 19.0 Å². The molecule has 4 heterocycles. The molecular weight excluding hydrogens is 348 g/mol. The van der Waals surface area contributed by atoms with Gasteiger partial charge in [-0.2, -0.15) is 9.50 Å². The van der Waals surface area contributed by atoms with Crippen LogP contribution in [0.1, 0.15) is 21.9 Å². The van der Waals surface area contributed by atoms with Gasteiger partial charge in [-0.05, 0) is 19.1 Å². The molecule has 0 N–H and O–H groups in total. The smallest absolute Gasteiger partial charge is 0.327 e. The van der Waals surface area contributed by atoms with Gasteiger partial charge in [-0.25, -0.2) is 0 Å². The van der Waals surface area contributed by atoms with Crippen molar-refractivity contribution in [2.24, 2.45) is 0 Å². The van der Waals surface area contributed by atoms with Crippen molar-refractivity contribution in [1.29, 1.82) is 0 Å². The summed E-state index contributed by atoms with van der Waals surface area (Å²) in [5.41, 5.74) is 1.59. The highest BCUT2D eigenvalue weighted by Gasteiger charge is 2.25. The number of morpholine rings is 1. The van der Waals surface area contributed by atoms with E-state index in [-0.39, 0.29) is 11.7 Å². The van der Waals surface area contributed by atoms with Crippen molar-refractivity contribution in [3.63, 3.8) is 0 Å². The Morgan fingerprint density at radius 2 is 2.11 bits per heavy atom. The number of carbonyl (C=O) groups excluding carboxylic acids is 1. The first kappa shape index (κ1) is 17.5. The summed E-state index contributed by atoms with van der Waals surface area (Å²) in [6.45, 7) is 5.16. The molecule has 1 aliphatic rings. The molecule has 0 radical (unpaired) electrons. The van der Waals surface area contributed by atoms with Gasteiger partial charge in [-0.3, -0.25) is 9.78 Å². The molecule has 0 aliphatic carbocycles. The maximum atomic E-state index is 12.8. The van der Waals surface area contributed by atoms with Gasteiger partial charge in [0.05, 0.1) is 18.9 Å². The topological polar surface area (TPSA) is 89.0 Å². The van der Waals surface area contributed by atoms with Crippen LogP contribution in [-0.2, 0) is 11.2 Å². The van der Waals surface area contributed by atoms with E-state index in [2.05, 4.69) is 15.1 Å². The lowest BCUT2D eigenvalue weighted by Crippen LogP contribution is -2.37. The van der Waals surface area contributed by atoms with E-state index in [1.165, 1.54) is 0 Å². The van der Waals surface area contributed by atoms with Gasteiger partial charge in [-0.15, -0.1) is 5.10 Å². The number of fused-ring (bicyclic) bond motifs is 1. The first-order valence-electron chi connectivity index (χ1n) is 8.97. The van der Waals surface area contributed by atoms with Crippen molar-refractivity contribution >= 4 is 17.7 Å². The van der Waals surface area contributed by atoms with Crippen LogP contribution in [0, 0.1) is 6.92 Å². The van der Waals surface area contributed by atoms with Crippen LogP contribution in [0.25, 0.3) is 5.84 Å². The largest absolute Gasteiger partial charge is 0.416 e. The molecule has 0 bridgehead atoms. The van der Waals surface area contributed by atoms with Gasteiger partial charge in [0, 0.05) is 45.0 Å². The Balaban J connectivity index is 1.48. The van der Waals surface area contributed by atoms with E-state index >= 15 is 0 Å². The minimum Gasteiger partial charge on any atom is -0.416 e. The third kappa shape index (κ3) is 3.50. The Hall–Kier alpha value is -2.94. The van der Waals surface area contributed by atoms with Gasteiger partial charge in [0.1, 0.15) is 0 Å². The normalized spacial score (nSPS) is 14.7. The number of rotatable bonds is 5. The third-order valence-electron chi connectivity index (χ3n) is 4.67. The Kier molecular flexibility index (Phi) is 4.76. The highest BCUT2D eigenvalue weighted by molar-refractivity contribution is 5.92. The number of ether oxygens (including phenoxy) is 1. The van der Waals surface area contributed by atoms with E-state index in [0.717, 1.165) is 18.8 Å². The maximum Gasteiger partial charge on any atom is 0.327 e. The zero-order valence-corrected chi connectivity index (χ0v) is 15.5. The summed E-state index contributed by atoms with van der Waals surface area (Å²) in [6, 6.07) is 5.76. The number of hydrogen-bond acceptors (Lipinski definition) is 7. The molecular formula is C18H22N6O3. The highest BCUT2D eigenvalue weighted by atomic mass is 16.5. The Labute approximate surface area is 156 Å². The Morgan fingerprint density at radius 3 is 2.81 bits per heavy atom. The molecule has 1 saturated heterocycles. The van der Waals surface area contributed by atoms with Crippen LogP contribution in [0.2, 0.25) is 0 Å². The van der Waals surface area contributed by atoms with Crippen molar-refractivity contribution < 1.29 is 13.9 Å². The number of pyridine rings is 1. The molecule has 1 aliphatic heterocycles. The molecule has 0 saturated carbocycles. The number of hydrogen-bond donors (Lipinski definition) is 0. The average molecular weight is 370 g/mol. The fourth-order valence-electron chi connectivity index (χ4n) is 3.03. The molecule has 1 amide bonds. The van der Waals surface area contributed by atoms with Gasteiger partial charge in [0.15, 0.2) is 0 Å². The van der Waals surface area contributed by atoms with Crippen LogP contribution in [0.5, 0.6) is 0 Å². The lowest BCUT2D eigenvalue weighted by atomic mass is 10.2. The second-order valence-electron chi connectivity index (χ2n) is 6.52. The molecule has 3 aromatic heterocycles. The first-order valence-corrected chi connectivity index (χ1v) is 8.97. The molecule has 0 unspecified atom stereocenters. The van der Waals surface area contributed by atoms with Crippen LogP contribution in [0.15, 0.2) is 28.8 Å². The van der Waals surface area contributed by atoms with Gasteiger partial charge in [0.2, 0.25) is 11.7 Å². The molecule has 0 spiro atoms. The zero-order chi connectivity index (χ0) is 18.8. The summed E-state index contributed by atoms with van der Waals surface area (Å²) >= 11 is 0. The molecule has 4 rings (SSSR count). The number of aryl methyl sites for hydroxylation is 1. The number of carbonyl (C=O) groups is 1. The lowest BCUT2D eigenvalue weighted by Gasteiger charge is -2.25. The fraction of sp³-hybridized carbons (Fsp3) is 0.444. The quantitative estimate of drug-likeness (QED) is 0.666. The monoisotopic (exact) mass is 370 g/mol. The lowest BCUT2D eigenvalue weighted by molar-refractivity contribution is 0.0766. The van der Waals surface area contributed by atoms with Crippen molar-refractivity contribution in [3.8, 4) is 0 Å². The molecule has 9 heteroatoms. The van der Waals surface area contributed by atoms with Crippen molar-refractivity contribution in [2.45, 2.75) is 13.3 Å². The molecule has 142 valence electrons. The predicted molar refractivity (Wildman–Crippen MR) is 97.9 cm³/mol. The standard InChI is InChI=1S/C18H22N6O3/c1-13-15(16(25)22(2)8-6-14-5-3-4-7-19-14)27-18-20-17(21-24(13)18)23-9-11-26-12-10-23/h3-5,7H,6,8-12H2,1-2H3. The van der Waals surface area contributed by atoms with Crippen LogP contribution in [-0.4, -0.2) is 70.3 Å². The van der Waals surface area contributed by atoms with E-state index in [9.17, 15) is 4.79 Å². The minimum atomic E-state index is -0.191. The highest BCUT2D eigenvalue weighted by Crippen LogP contribution is 2.20. The van der Waals surface area contributed by atoms with Crippen molar-refractivity contribution in [2.75, 3.05) is 44.8 Å². The van der Waals surface area contributed by atoms with Gasteiger partial charge >= 0.3 is 5.84 Å². The van der Waals surface area contributed by atoms with Gasteiger partial charge in [0.25, 0.3) is 5.91 Å². The summed E-state index contributed by atoms with van der Waals surface area (Å²) in [6.07, 6.45) is 2.43. The van der Waals surface area contributed by atoms with E-state index < -0.39 is 0 Å². The fourth-order valence-corrected chi connectivity index (χ4v) is 3.03.